The van der Waals surface area contributed by atoms with Crippen LogP contribution in [-0.2, 0) is 6.54 Å². The van der Waals surface area contributed by atoms with Crippen LogP contribution in [0.3, 0.4) is 0 Å². The predicted octanol–water partition coefficient (Wildman–Crippen LogP) is 0.579. The maximum absolute atomic E-state index is 12.9. The van der Waals surface area contributed by atoms with Gasteiger partial charge >= 0.3 is 7.12 Å². The third-order valence-corrected chi connectivity index (χ3v) is 3.89. The van der Waals surface area contributed by atoms with Crippen LogP contribution in [0, 0.1) is 5.82 Å². The smallest absolute Gasteiger partial charge is 0.423 e. The summed E-state index contributed by atoms with van der Waals surface area (Å²) < 4.78 is 12.9. The van der Waals surface area contributed by atoms with Crippen molar-refractivity contribution in [3.63, 3.8) is 0 Å². The Balaban J connectivity index is 1.62. The number of nitrogens with one attached hydrogen (secondary N) is 1. The molecule has 0 saturated heterocycles. The fourth-order valence-corrected chi connectivity index (χ4v) is 2.37. The Hall–Kier alpha value is -3.37. The van der Waals surface area contributed by atoms with Crippen molar-refractivity contribution in [2.24, 2.45) is 0 Å². The first-order chi connectivity index (χ1) is 13.4. The van der Waals surface area contributed by atoms with Crippen molar-refractivity contribution >= 4 is 30.1 Å². The van der Waals surface area contributed by atoms with Crippen molar-refractivity contribution in [1.29, 1.82) is 0 Å². The predicted molar refractivity (Wildman–Crippen MR) is 103 cm³/mol. The van der Waals surface area contributed by atoms with Crippen LogP contribution in [0.5, 0.6) is 0 Å². The number of rotatable bonds is 6. The van der Waals surface area contributed by atoms with Crippen LogP contribution in [0.25, 0.3) is 0 Å². The summed E-state index contributed by atoms with van der Waals surface area (Å²) in [5, 5.41) is 20.8. The van der Waals surface area contributed by atoms with Crippen molar-refractivity contribution in [3.8, 4) is 0 Å². The molecule has 8 nitrogen and oxygen atoms in total. The summed E-state index contributed by atoms with van der Waals surface area (Å²) in [5.74, 6) is -0.391. The molecule has 0 fully saturated rings. The number of carbonyl (C=O) groups excluding carboxylic acids is 1. The van der Waals surface area contributed by atoms with Gasteiger partial charge in [0.05, 0.1) is 17.8 Å². The first-order valence-electron chi connectivity index (χ1n) is 8.33. The minimum atomic E-state index is -1.56. The molecule has 0 aliphatic rings. The van der Waals surface area contributed by atoms with Gasteiger partial charge in [0, 0.05) is 36.8 Å². The molecule has 0 aliphatic heterocycles. The van der Waals surface area contributed by atoms with Crippen molar-refractivity contribution in [2.45, 2.75) is 6.54 Å². The molecule has 0 spiro atoms. The van der Waals surface area contributed by atoms with Gasteiger partial charge in [0.15, 0.2) is 0 Å². The van der Waals surface area contributed by atoms with Crippen LogP contribution in [0.2, 0.25) is 0 Å². The lowest BCUT2D eigenvalue weighted by Gasteiger charge is -2.16. The molecular formula is C18H17BFN5O3. The van der Waals surface area contributed by atoms with Crippen LogP contribution >= 0.6 is 0 Å². The third-order valence-electron chi connectivity index (χ3n) is 3.89. The van der Waals surface area contributed by atoms with Gasteiger partial charge in [-0.2, -0.15) is 0 Å². The quantitative estimate of drug-likeness (QED) is 0.536. The molecule has 10 heteroatoms. The standard InChI is InChI=1S/C18H17BFN5O3/c1-25(11-16-5-2-13(10-21-16)19(27)28)18-22-8-12(9-23-18)17(26)24-15-6-3-14(20)4-7-15/h2-10,27-28H,11H2,1H3,(H,24,26). The normalized spacial score (nSPS) is 10.4. The second-order valence-corrected chi connectivity index (χ2v) is 6.05. The second kappa shape index (κ2) is 8.55. The van der Waals surface area contributed by atoms with Crippen molar-refractivity contribution < 1.29 is 19.2 Å². The number of anilines is 2. The van der Waals surface area contributed by atoms with Gasteiger partial charge in [0.1, 0.15) is 5.82 Å². The summed E-state index contributed by atoms with van der Waals surface area (Å²) in [6.45, 7) is 0.392. The molecule has 1 aromatic carbocycles. The zero-order valence-corrected chi connectivity index (χ0v) is 15.0. The van der Waals surface area contributed by atoms with Crippen LogP contribution < -0.4 is 15.7 Å². The molecule has 2 aromatic heterocycles. The maximum Gasteiger partial charge on any atom is 0.490 e. The summed E-state index contributed by atoms with van der Waals surface area (Å²) in [5.41, 5.74) is 1.73. The Morgan fingerprint density at radius 2 is 1.75 bits per heavy atom. The van der Waals surface area contributed by atoms with Crippen molar-refractivity contribution in [3.05, 3.63) is 72.1 Å². The number of nitrogens with zero attached hydrogens (tertiary/aromatic N) is 4. The molecule has 0 bridgehead atoms. The molecule has 0 saturated carbocycles. The highest BCUT2D eigenvalue weighted by molar-refractivity contribution is 6.58. The number of pyridine rings is 1. The van der Waals surface area contributed by atoms with E-state index < -0.39 is 13.0 Å². The van der Waals surface area contributed by atoms with Gasteiger partial charge in [-0.15, -0.1) is 0 Å². The van der Waals surface area contributed by atoms with Gasteiger partial charge in [-0.05, 0) is 30.3 Å². The number of hydrogen-bond acceptors (Lipinski definition) is 7. The van der Waals surface area contributed by atoms with Crippen LogP contribution in [-0.4, -0.2) is 45.1 Å². The van der Waals surface area contributed by atoms with Crippen LogP contribution in [0.4, 0.5) is 16.0 Å². The van der Waals surface area contributed by atoms with Crippen LogP contribution in [0.15, 0.2) is 55.0 Å². The highest BCUT2D eigenvalue weighted by Gasteiger charge is 2.13. The largest absolute Gasteiger partial charge is 0.490 e. The first-order valence-corrected chi connectivity index (χ1v) is 8.33. The van der Waals surface area contributed by atoms with E-state index in [1.165, 1.54) is 42.9 Å². The first kappa shape index (κ1) is 19.4. The fourth-order valence-electron chi connectivity index (χ4n) is 2.37. The topological polar surface area (TPSA) is 111 Å². The van der Waals surface area contributed by atoms with Crippen molar-refractivity contribution in [1.82, 2.24) is 15.0 Å². The Bertz CT molecular complexity index is 937. The van der Waals surface area contributed by atoms with Gasteiger partial charge in [-0.25, -0.2) is 14.4 Å². The molecular weight excluding hydrogens is 364 g/mol. The maximum atomic E-state index is 12.9. The Labute approximate surface area is 160 Å². The number of hydrogen-bond donors (Lipinski definition) is 3. The minimum Gasteiger partial charge on any atom is -0.423 e. The monoisotopic (exact) mass is 381 g/mol. The summed E-state index contributed by atoms with van der Waals surface area (Å²) in [6, 6.07) is 8.69. The van der Waals surface area contributed by atoms with E-state index in [1.54, 1.807) is 24.1 Å². The Morgan fingerprint density at radius 3 is 2.32 bits per heavy atom. The molecule has 142 valence electrons. The van der Waals surface area contributed by atoms with E-state index in [0.29, 0.717) is 29.3 Å². The van der Waals surface area contributed by atoms with Gasteiger partial charge < -0.3 is 20.3 Å². The van der Waals surface area contributed by atoms with Crippen LogP contribution in [0.1, 0.15) is 16.1 Å². The fraction of sp³-hybridized carbons (Fsp3) is 0.111. The molecule has 0 atom stereocenters. The lowest BCUT2D eigenvalue weighted by Crippen LogP contribution is -2.30. The molecule has 3 N–H and O–H groups in total. The molecule has 0 radical (unpaired) electrons. The van der Waals surface area contributed by atoms with E-state index >= 15 is 0 Å². The van der Waals surface area contributed by atoms with Gasteiger partial charge in [0.2, 0.25) is 5.95 Å². The highest BCUT2D eigenvalue weighted by Crippen LogP contribution is 2.12. The SMILES string of the molecule is CN(Cc1ccc(B(O)O)cn1)c1ncc(C(=O)Nc2ccc(F)cc2)cn1. The van der Waals surface area contributed by atoms with E-state index in [4.69, 9.17) is 10.0 Å². The highest BCUT2D eigenvalue weighted by atomic mass is 19.1. The lowest BCUT2D eigenvalue weighted by molar-refractivity contribution is 0.102. The minimum absolute atomic E-state index is 0.265. The number of aromatic nitrogens is 3. The van der Waals surface area contributed by atoms with Gasteiger partial charge in [-0.1, -0.05) is 6.07 Å². The molecule has 2 heterocycles. The van der Waals surface area contributed by atoms with E-state index in [0.717, 1.165) is 0 Å². The van der Waals surface area contributed by atoms with E-state index in [9.17, 15) is 9.18 Å². The molecule has 28 heavy (non-hydrogen) atoms. The van der Waals surface area contributed by atoms with E-state index in [-0.39, 0.29) is 11.4 Å². The summed E-state index contributed by atoms with van der Waals surface area (Å²) in [6.07, 6.45) is 4.18. The number of amides is 1. The zero-order valence-electron chi connectivity index (χ0n) is 15.0. The number of benzene rings is 1. The lowest BCUT2D eigenvalue weighted by atomic mass is 9.82. The summed E-state index contributed by atoms with van der Waals surface area (Å²) in [7, 11) is 0.209. The second-order valence-electron chi connectivity index (χ2n) is 6.05. The van der Waals surface area contributed by atoms with Gasteiger partial charge in [0.25, 0.3) is 5.91 Å². The average Bonchev–Trinajstić information content (AvgIpc) is 2.70. The average molecular weight is 381 g/mol. The van der Waals surface area contributed by atoms with E-state index in [1.807, 2.05) is 0 Å². The van der Waals surface area contributed by atoms with Crippen molar-refractivity contribution in [2.75, 3.05) is 17.3 Å². The molecule has 3 rings (SSSR count). The third kappa shape index (κ3) is 4.87. The Morgan fingerprint density at radius 1 is 1.07 bits per heavy atom. The molecule has 3 aromatic rings. The number of halogens is 1. The summed E-state index contributed by atoms with van der Waals surface area (Å²) in [4.78, 5) is 26.5. The molecule has 0 aliphatic carbocycles. The summed E-state index contributed by atoms with van der Waals surface area (Å²) >= 11 is 0. The zero-order chi connectivity index (χ0) is 20.1. The number of carbonyl (C=O) groups is 1. The van der Waals surface area contributed by atoms with Gasteiger partial charge in [-0.3, -0.25) is 9.78 Å². The Kier molecular flexibility index (Phi) is 5.92. The molecule has 0 unspecified atom stereocenters. The van der Waals surface area contributed by atoms with E-state index in [2.05, 4.69) is 20.3 Å². The molecule has 1 amide bonds.